The summed E-state index contributed by atoms with van der Waals surface area (Å²) in [4.78, 5) is 26.0. The number of hydrogen-bond acceptors (Lipinski definition) is 2. The molecule has 0 saturated carbocycles. The Bertz CT molecular complexity index is 1470. The van der Waals surface area contributed by atoms with Crippen LogP contribution in [0.25, 0.3) is 23.3 Å². The lowest BCUT2D eigenvalue weighted by atomic mass is 9.93. The van der Waals surface area contributed by atoms with Gasteiger partial charge in [0, 0.05) is 11.8 Å². The number of pyridine rings is 1. The van der Waals surface area contributed by atoms with Gasteiger partial charge in [-0.2, -0.15) is 0 Å². The molecule has 0 aliphatic rings. The molecule has 0 unspecified atom stereocenters. The minimum Gasteiger partial charge on any atom is -0.478 e. The van der Waals surface area contributed by atoms with Gasteiger partial charge >= 0.3 is 5.97 Å². The molecule has 0 radical (unpaired) electrons. The number of carboxylic acids is 1. The summed E-state index contributed by atoms with van der Waals surface area (Å²) in [6, 6.07) is 20.8. The van der Waals surface area contributed by atoms with Gasteiger partial charge in [-0.1, -0.05) is 78.4 Å². The van der Waals surface area contributed by atoms with Crippen molar-refractivity contribution in [1.29, 1.82) is 0 Å². The molecule has 4 nitrogen and oxygen atoms in total. The third kappa shape index (κ3) is 5.02. The van der Waals surface area contributed by atoms with Crippen LogP contribution in [0, 0.1) is 27.7 Å². The van der Waals surface area contributed by atoms with Gasteiger partial charge in [-0.15, -0.1) is 0 Å². The number of nitrogens with zero attached hydrogens (tertiary/aromatic N) is 1. The highest BCUT2D eigenvalue weighted by Gasteiger charge is 2.20. The molecule has 4 aromatic rings. The zero-order valence-electron chi connectivity index (χ0n) is 20.5. The Kier molecular flexibility index (Phi) is 6.83. The molecule has 176 valence electrons. The number of carboxylic acid groups (broad SMARTS) is 1. The summed E-state index contributed by atoms with van der Waals surface area (Å²) >= 11 is 0. The minimum atomic E-state index is -1.06. The Morgan fingerprint density at radius 2 is 1.49 bits per heavy atom. The van der Waals surface area contributed by atoms with Crippen LogP contribution in [0.2, 0.25) is 0 Å². The maximum absolute atomic E-state index is 14.0. The first kappa shape index (κ1) is 24.0. The molecule has 1 aromatic heterocycles. The van der Waals surface area contributed by atoms with E-state index in [-0.39, 0.29) is 11.1 Å². The van der Waals surface area contributed by atoms with Crippen LogP contribution < -0.4 is 5.56 Å². The van der Waals surface area contributed by atoms with Gasteiger partial charge in [0.25, 0.3) is 5.56 Å². The Labute approximate surface area is 205 Å². The summed E-state index contributed by atoms with van der Waals surface area (Å²) in [6.07, 6.45) is 5.73. The Balaban J connectivity index is 1.96. The van der Waals surface area contributed by atoms with Gasteiger partial charge in [0.05, 0.1) is 17.7 Å². The fourth-order valence-corrected chi connectivity index (χ4v) is 4.67. The molecule has 0 bridgehead atoms. The van der Waals surface area contributed by atoms with Gasteiger partial charge in [-0.25, -0.2) is 4.79 Å². The molecule has 1 heterocycles. The molecule has 0 aliphatic carbocycles. The predicted molar refractivity (Wildman–Crippen MR) is 143 cm³/mol. The van der Waals surface area contributed by atoms with Gasteiger partial charge in [0.15, 0.2) is 0 Å². The van der Waals surface area contributed by atoms with Crippen molar-refractivity contribution in [2.24, 2.45) is 0 Å². The maximum atomic E-state index is 14.0. The van der Waals surface area contributed by atoms with Crippen LogP contribution in [0.5, 0.6) is 0 Å². The Morgan fingerprint density at radius 1 is 0.857 bits per heavy atom. The zero-order chi connectivity index (χ0) is 25.1. The van der Waals surface area contributed by atoms with Crippen LogP contribution in [0.3, 0.4) is 0 Å². The SMILES string of the molecule is Cc1cc(C)c(Cn2cc(C)c(C=Cc3ccccc3)c(-c3ccccc3C(=O)O)c2=O)c(C)c1. The first-order valence-electron chi connectivity index (χ1n) is 11.6. The topological polar surface area (TPSA) is 59.3 Å². The van der Waals surface area contributed by atoms with Crippen LogP contribution in [-0.2, 0) is 6.54 Å². The van der Waals surface area contributed by atoms with Gasteiger partial charge in [-0.3, -0.25) is 4.79 Å². The second-order valence-corrected chi connectivity index (χ2v) is 9.01. The Morgan fingerprint density at radius 3 is 2.14 bits per heavy atom. The quantitative estimate of drug-likeness (QED) is 0.348. The average molecular weight is 464 g/mol. The number of aromatic carboxylic acids is 1. The van der Waals surface area contributed by atoms with Crippen LogP contribution in [0.4, 0.5) is 0 Å². The molecule has 35 heavy (non-hydrogen) atoms. The molecule has 0 atom stereocenters. The van der Waals surface area contributed by atoms with Crippen LogP contribution >= 0.6 is 0 Å². The van der Waals surface area contributed by atoms with E-state index in [9.17, 15) is 14.7 Å². The van der Waals surface area contributed by atoms with E-state index in [1.165, 1.54) is 5.56 Å². The van der Waals surface area contributed by atoms with Crippen molar-refractivity contribution < 1.29 is 9.90 Å². The predicted octanol–water partition coefficient (Wildman–Crippen LogP) is 6.67. The first-order valence-corrected chi connectivity index (χ1v) is 11.6. The lowest BCUT2D eigenvalue weighted by Crippen LogP contribution is -2.25. The molecular formula is C31H29NO3. The van der Waals surface area contributed by atoms with E-state index >= 15 is 0 Å². The second-order valence-electron chi connectivity index (χ2n) is 9.01. The van der Waals surface area contributed by atoms with E-state index < -0.39 is 5.97 Å². The summed E-state index contributed by atoms with van der Waals surface area (Å²) in [5.41, 5.74) is 7.89. The van der Waals surface area contributed by atoms with E-state index in [2.05, 4.69) is 32.9 Å². The van der Waals surface area contributed by atoms with Crippen molar-refractivity contribution in [3.63, 3.8) is 0 Å². The van der Waals surface area contributed by atoms with E-state index in [0.717, 1.165) is 33.4 Å². The van der Waals surface area contributed by atoms with Crippen molar-refractivity contribution in [3.05, 3.63) is 128 Å². The standard InChI is InChI=1S/C31H29NO3/c1-20-16-21(2)28(22(3)17-20)19-32-18-23(4)25(15-14-24-10-6-5-7-11-24)29(30(32)33)26-12-8-9-13-27(26)31(34)35/h5-18H,19H2,1-4H3,(H,34,35). The molecule has 4 heteroatoms. The normalized spacial score (nSPS) is 11.2. The fraction of sp³-hybridized carbons (Fsp3) is 0.161. The number of aryl methyl sites for hydroxylation is 4. The number of benzene rings is 3. The summed E-state index contributed by atoms with van der Waals surface area (Å²) in [5, 5.41) is 9.86. The summed E-state index contributed by atoms with van der Waals surface area (Å²) in [5.74, 6) is -1.06. The third-order valence-electron chi connectivity index (χ3n) is 6.36. The molecule has 4 rings (SSSR count). The van der Waals surface area contributed by atoms with Crippen molar-refractivity contribution >= 4 is 18.1 Å². The van der Waals surface area contributed by atoms with E-state index in [1.807, 2.05) is 55.6 Å². The largest absolute Gasteiger partial charge is 0.478 e. The van der Waals surface area contributed by atoms with Crippen molar-refractivity contribution in [1.82, 2.24) is 4.57 Å². The summed E-state index contributed by atoms with van der Waals surface area (Å²) < 4.78 is 1.70. The highest BCUT2D eigenvalue weighted by Crippen LogP contribution is 2.29. The van der Waals surface area contributed by atoms with Crippen LogP contribution in [0.1, 0.15) is 49.3 Å². The van der Waals surface area contributed by atoms with E-state index in [4.69, 9.17) is 0 Å². The van der Waals surface area contributed by atoms with Gasteiger partial charge in [0.2, 0.25) is 0 Å². The van der Waals surface area contributed by atoms with Crippen molar-refractivity contribution in [2.45, 2.75) is 34.2 Å². The average Bonchev–Trinajstić information content (AvgIpc) is 2.82. The molecule has 3 aromatic carbocycles. The smallest absolute Gasteiger partial charge is 0.336 e. The molecule has 0 spiro atoms. The monoisotopic (exact) mass is 463 g/mol. The third-order valence-corrected chi connectivity index (χ3v) is 6.36. The second kappa shape index (κ2) is 9.98. The molecule has 1 N–H and O–H groups in total. The van der Waals surface area contributed by atoms with Crippen LogP contribution in [0.15, 0.2) is 77.7 Å². The van der Waals surface area contributed by atoms with E-state index in [1.54, 1.807) is 28.8 Å². The molecule has 0 fully saturated rings. The minimum absolute atomic E-state index is 0.110. The zero-order valence-corrected chi connectivity index (χ0v) is 20.5. The fourth-order valence-electron chi connectivity index (χ4n) is 4.67. The maximum Gasteiger partial charge on any atom is 0.336 e. The number of rotatable bonds is 6. The summed E-state index contributed by atoms with van der Waals surface area (Å²) in [7, 11) is 0. The van der Waals surface area contributed by atoms with Gasteiger partial charge < -0.3 is 9.67 Å². The van der Waals surface area contributed by atoms with Crippen molar-refractivity contribution in [2.75, 3.05) is 0 Å². The number of hydrogen-bond donors (Lipinski definition) is 1. The Hall–Kier alpha value is -4.18. The lowest BCUT2D eigenvalue weighted by Gasteiger charge is -2.18. The highest BCUT2D eigenvalue weighted by molar-refractivity contribution is 5.97. The molecule has 0 amide bonds. The molecule has 0 aliphatic heterocycles. The summed E-state index contributed by atoms with van der Waals surface area (Å²) in [6.45, 7) is 8.56. The lowest BCUT2D eigenvalue weighted by molar-refractivity contribution is 0.0697. The first-order chi connectivity index (χ1) is 16.8. The number of carbonyl (C=O) groups is 1. The van der Waals surface area contributed by atoms with E-state index in [0.29, 0.717) is 17.7 Å². The van der Waals surface area contributed by atoms with Gasteiger partial charge in [-0.05, 0) is 67.1 Å². The van der Waals surface area contributed by atoms with Gasteiger partial charge in [0.1, 0.15) is 0 Å². The van der Waals surface area contributed by atoms with Crippen LogP contribution in [-0.4, -0.2) is 15.6 Å². The molecule has 0 saturated heterocycles. The molecular weight excluding hydrogens is 434 g/mol. The number of aromatic nitrogens is 1. The highest BCUT2D eigenvalue weighted by atomic mass is 16.4. The van der Waals surface area contributed by atoms with Crippen molar-refractivity contribution in [3.8, 4) is 11.1 Å².